The van der Waals surface area contributed by atoms with Gasteiger partial charge in [0.05, 0.1) is 12.6 Å². The van der Waals surface area contributed by atoms with E-state index in [2.05, 4.69) is 14.7 Å². The van der Waals surface area contributed by atoms with Crippen molar-refractivity contribution in [1.29, 1.82) is 0 Å². The lowest BCUT2D eigenvalue weighted by Crippen LogP contribution is -2.34. The Hall–Kier alpha value is -1.54. The van der Waals surface area contributed by atoms with Crippen molar-refractivity contribution in [3.05, 3.63) is 18.6 Å². The summed E-state index contributed by atoms with van der Waals surface area (Å²) in [5.74, 6) is -1.07. The molecule has 8 heteroatoms. The molecule has 0 aliphatic rings. The molecule has 0 radical (unpaired) electrons. The number of nitrogens with zero attached hydrogens (tertiary/aromatic N) is 2. The predicted octanol–water partition coefficient (Wildman–Crippen LogP) is -0.382. The van der Waals surface area contributed by atoms with E-state index in [9.17, 15) is 13.2 Å². The van der Waals surface area contributed by atoms with Gasteiger partial charge in [-0.15, -0.1) is 0 Å². The highest BCUT2D eigenvalue weighted by Crippen LogP contribution is 2.03. The van der Waals surface area contributed by atoms with Gasteiger partial charge in [-0.25, -0.2) is 18.1 Å². The second-order valence-corrected chi connectivity index (χ2v) is 4.82. The van der Waals surface area contributed by atoms with E-state index in [1.165, 1.54) is 19.3 Å². The number of hydrogen-bond donors (Lipinski definition) is 2. The van der Waals surface area contributed by atoms with Crippen molar-refractivity contribution in [3.8, 4) is 0 Å². The first-order valence-electron chi connectivity index (χ1n) is 4.42. The molecule has 0 amide bonds. The number of carboxylic acid groups (broad SMARTS) is 1. The molecule has 7 nitrogen and oxygen atoms in total. The Morgan fingerprint density at radius 2 is 2.25 bits per heavy atom. The van der Waals surface area contributed by atoms with E-state index in [1.54, 1.807) is 0 Å². The summed E-state index contributed by atoms with van der Waals surface area (Å²) in [6, 6.07) is -0.704. The van der Waals surface area contributed by atoms with Crippen LogP contribution in [0.25, 0.3) is 0 Å². The highest BCUT2D eigenvalue weighted by Gasteiger charge is 2.20. The van der Waals surface area contributed by atoms with Crippen molar-refractivity contribution >= 4 is 16.0 Å². The number of carbonyl (C=O) groups is 1. The average molecular weight is 245 g/mol. The molecule has 0 aliphatic heterocycles. The van der Waals surface area contributed by atoms with E-state index in [1.807, 2.05) is 0 Å². The van der Waals surface area contributed by atoms with Gasteiger partial charge in [-0.3, -0.25) is 9.78 Å². The molecule has 0 aromatic carbocycles. The summed E-state index contributed by atoms with van der Waals surface area (Å²) in [7, 11) is -3.79. The van der Waals surface area contributed by atoms with Gasteiger partial charge >= 0.3 is 5.97 Å². The lowest BCUT2D eigenvalue weighted by atomic mass is 10.3. The predicted molar refractivity (Wildman–Crippen MR) is 54.1 cm³/mol. The zero-order valence-corrected chi connectivity index (χ0v) is 9.31. The van der Waals surface area contributed by atoms with Crippen LogP contribution in [-0.4, -0.2) is 35.5 Å². The van der Waals surface area contributed by atoms with Gasteiger partial charge in [0.25, 0.3) is 10.0 Å². The number of sulfonamides is 1. The van der Waals surface area contributed by atoms with Gasteiger partial charge in [0.1, 0.15) is 0 Å². The first-order valence-corrected chi connectivity index (χ1v) is 5.90. The highest BCUT2D eigenvalue weighted by atomic mass is 32.2. The molecule has 1 heterocycles. The smallest absolute Gasteiger partial charge is 0.304 e. The van der Waals surface area contributed by atoms with Crippen LogP contribution >= 0.6 is 0 Å². The molecule has 0 fully saturated rings. The minimum atomic E-state index is -3.79. The molecule has 1 rings (SSSR count). The number of rotatable bonds is 5. The first-order chi connectivity index (χ1) is 7.42. The SMILES string of the molecule is CC(CC(=O)O)NS(=O)(=O)c1cnccn1. The van der Waals surface area contributed by atoms with Gasteiger partial charge in [0, 0.05) is 18.4 Å². The van der Waals surface area contributed by atoms with E-state index in [0.717, 1.165) is 6.20 Å². The number of hydrogen-bond acceptors (Lipinski definition) is 5. The Labute approximate surface area is 92.6 Å². The maximum atomic E-state index is 11.6. The van der Waals surface area contributed by atoms with Crippen LogP contribution in [0.4, 0.5) is 0 Å². The fraction of sp³-hybridized carbons (Fsp3) is 0.375. The van der Waals surface area contributed by atoms with Crippen molar-refractivity contribution in [2.75, 3.05) is 0 Å². The van der Waals surface area contributed by atoms with Crippen LogP contribution in [-0.2, 0) is 14.8 Å². The Kier molecular flexibility index (Phi) is 3.91. The van der Waals surface area contributed by atoms with Crippen LogP contribution < -0.4 is 4.72 Å². The standard InChI is InChI=1S/C8H11N3O4S/c1-6(4-8(12)13)11-16(14,15)7-5-9-2-3-10-7/h2-3,5-6,11H,4H2,1H3,(H,12,13). The van der Waals surface area contributed by atoms with Crippen molar-refractivity contribution < 1.29 is 18.3 Å². The van der Waals surface area contributed by atoms with Gasteiger partial charge in [0.2, 0.25) is 0 Å². The molecule has 0 saturated heterocycles. The van der Waals surface area contributed by atoms with Gasteiger partial charge in [-0.1, -0.05) is 0 Å². The van der Waals surface area contributed by atoms with Gasteiger partial charge < -0.3 is 5.11 Å². The number of nitrogens with one attached hydrogen (secondary N) is 1. The lowest BCUT2D eigenvalue weighted by Gasteiger charge is -2.10. The van der Waals surface area contributed by atoms with E-state index in [4.69, 9.17) is 5.11 Å². The molecule has 0 aliphatic carbocycles. The third kappa shape index (κ3) is 3.55. The van der Waals surface area contributed by atoms with Crippen molar-refractivity contribution in [1.82, 2.24) is 14.7 Å². The minimum Gasteiger partial charge on any atom is -0.481 e. The zero-order valence-electron chi connectivity index (χ0n) is 8.49. The minimum absolute atomic E-state index is 0.229. The lowest BCUT2D eigenvalue weighted by molar-refractivity contribution is -0.137. The second-order valence-electron chi connectivity index (χ2n) is 3.16. The van der Waals surface area contributed by atoms with Gasteiger partial charge in [-0.05, 0) is 6.92 Å². The third-order valence-corrected chi connectivity index (χ3v) is 3.13. The normalized spacial score (nSPS) is 13.3. The van der Waals surface area contributed by atoms with Gasteiger partial charge in [-0.2, -0.15) is 0 Å². The molecular formula is C8H11N3O4S. The molecule has 1 aromatic heterocycles. The van der Waals surface area contributed by atoms with Crippen molar-refractivity contribution in [2.45, 2.75) is 24.4 Å². The summed E-state index contributed by atoms with van der Waals surface area (Å²) >= 11 is 0. The molecule has 2 N–H and O–H groups in total. The maximum Gasteiger partial charge on any atom is 0.304 e. The van der Waals surface area contributed by atoms with E-state index in [-0.39, 0.29) is 11.4 Å². The second kappa shape index (κ2) is 4.99. The van der Waals surface area contributed by atoms with E-state index >= 15 is 0 Å². The Balaban J connectivity index is 2.77. The zero-order chi connectivity index (χ0) is 12.2. The number of aliphatic carboxylic acids is 1. The van der Waals surface area contributed by atoms with Crippen LogP contribution in [0.3, 0.4) is 0 Å². The topological polar surface area (TPSA) is 109 Å². The third-order valence-electron chi connectivity index (χ3n) is 1.65. The molecule has 1 unspecified atom stereocenters. The molecule has 1 atom stereocenters. The average Bonchev–Trinajstić information content (AvgIpc) is 2.16. The van der Waals surface area contributed by atoms with Crippen LogP contribution in [0.2, 0.25) is 0 Å². The van der Waals surface area contributed by atoms with Gasteiger partial charge in [0.15, 0.2) is 5.03 Å². The molecule has 88 valence electrons. The summed E-state index contributed by atoms with van der Waals surface area (Å²) in [5, 5.41) is 8.26. The summed E-state index contributed by atoms with van der Waals surface area (Å²) in [6.07, 6.45) is 3.39. The summed E-state index contributed by atoms with van der Waals surface area (Å²) in [6.45, 7) is 1.46. The fourth-order valence-corrected chi connectivity index (χ4v) is 2.19. The molecule has 16 heavy (non-hydrogen) atoms. The van der Waals surface area contributed by atoms with Crippen molar-refractivity contribution in [3.63, 3.8) is 0 Å². The molecule has 0 spiro atoms. The van der Waals surface area contributed by atoms with Crippen LogP contribution in [0.15, 0.2) is 23.6 Å². The molecular weight excluding hydrogens is 234 g/mol. The summed E-state index contributed by atoms with van der Waals surface area (Å²) in [5.41, 5.74) is 0. The Bertz CT molecular complexity index is 459. The number of carboxylic acids is 1. The fourth-order valence-electron chi connectivity index (χ4n) is 1.05. The molecule has 0 bridgehead atoms. The largest absolute Gasteiger partial charge is 0.481 e. The Morgan fingerprint density at radius 3 is 2.75 bits per heavy atom. The highest BCUT2D eigenvalue weighted by molar-refractivity contribution is 7.89. The maximum absolute atomic E-state index is 11.6. The van der Waals surface area contributed by atoms with Crippen LogP contribution in [0.1, 0.15) is 13.3 Å². The van der Waals surface area contributed by atoms with Crippen molar-refractivity contribution in [2.24, 2.45) is 0 Å². The molecule has 1 aromatic rings. The summed E-state index contributed by atoms with van der Waals surface area (Å²) < 4.78 is 25.4. The Morgan fingerprint density at radius 1 is 1.56 bits per heavy atom. The number of aromatic nitrogens is 2. The molecule has 0 saturated carbocycles. The van der Waals surface area contributed by atoms with Crippen LogP contribution in [0, 0.1) is 0 Å². The monoisotopic (exact) mass is 245 g/mol. The summed E-state index contributed by atoms with van der Waals surface area (Å²) in [4.78, 5) is 17.6. The first kappa shape index (κ1) is 12.5. The van der Waals surface area contributed by atoms with E-state index < -0.39 is 22.0 Å². The van der Waals surface area contributed by atoms with E-state index in [0.29, 0.717) is 0 Å². The van der Waals surface area contributed by atoms with Crippen LogP contribution in [0.5, 0.6) is 0 Å². The quantitative estimate of drug-likeness (QED) is 0.731.